The van der Waals surface area contributed by atoms with Crippen molar-refractivity contribution in [1.82, 2.24) is 29.7 Å². The molecular weight excluding hydrogens is 501 g/mol. The monoisotopic (exact) mass is 531 g/mol. The number of nitrogens with one attached hydrogen (secondary N) is 2. The Morgan fingerprint density at radius 2 is 1.92 bits per heavy atom. The lowest BCUT2D eigenvalue weighted by molar-refractivity contribution is -0.124. The lowest BCUT2D eigenvalue weighted by Gasteiger charge is -2.37. The van der Waals surface area contributed by atoms with Crippen molar-refractivity contribution in [1.29, 1.82) is 0 Å². The van der Waals surface area contributed by atoms with E-state index in [4.69, 9.17) is 4.98 Å². The number of fused-ring (bicyclic) bond motifs is 1. The maximum absolute atomic E-state index is 14.9. The summed E-state index contributed by atoms with van der Waals surface area (Å²) in [6, 6.07) is 7.03. The highest BCUT2D eigenvalue weighted by molar-refractivity contribution is 6.15. The molecule has 2 saturated heterocycles. The number of hydrogen-bond acceptors (Lipinski definition) is 7. The van der Waals surface area contributed by atoms with Crippen molar-refractivity contribution in [3.05, 3.63) is 53.0 Å². The minimum Gasteiger partial charge on any atom is -0.367 e. The van der Waals surface area contributed by atoms with Crippen LogP contribution in [0.4, 0.5) is 10.2 Å². The molecule has 3 fully saturated rings. The molecule has 0 spiro atoms. The van der Waals surface area contributed by atoms with Gasteiger partial charge in [-0.2, -0.15) is 9.61 Å². The van der Waals surface area contributed by atoms with Gasteiger partial charge in [0.25, 0.3) is 11.8 Å². The van der Waals surface area contributed by atoms with E-state index in [0.717, 1.165) is 25.9 Å². The zero-order valence-electron chi connectivity index (χ0n) is 21.9. The molecule has 0 radical (unpaired) electrons. The number of amides is 3. The molecular formula is C28H30FN7O3. The van der Waals surface area contributed by atoms with Gasteiger partial charge in [-0.1, -0.05) is 0 Å². The van der Waals surface area contributed by atoms with Crippen LogP contribution in [0.1, 0.15) is 49.0 Å². The molecule has 11 heteroatoms. The van der Waals surface area contributed by atoms with Crippen LogP contribution < -0.4 is 10.6 Å². The van der Waals surface area contributed by atoms with E-state index in [2.05, 4.69) is 34.5 Å². The average molecular weight is 532 g/mol. The first kappa shape index (κ1) is 25.2. The topological polar surface area (TPSA) is 112 Å². The van der Waals surface area contributed by atoms with Crippen molar-refractivity contribution in [3.63, 3.8) is 0 Å². The number of benzene rings is 1. The Morgan fingerprint density at radius 1 is 1.15 bits per heavy atom. The number of carbonyl (C=O) groups is 3. The fraction of sp³-hybridized carbons (Fsp3) is 0.393. The van der Waals surface area contributed by atoms with Crippen LogP contribution in [0.25, 0.3) is 23.0 Å². The maximum atomic E-state index is 14.9. The largest absolute Gasteiger partial charge is 0.367 e. The molecule has 2 N–H and O–H groups in total. The second-order valence-corrected chi connectivity index (χ2v) is 10.6. The standard InChI is InChI=1S/C28H30FN7O3/c1-16(2)34-7-9-35(10-8-34)28(39)21-12-17(3-6-22(21)29)23-14-24(31-20-4-5-20)36-26(32-23)19(15-30-36)11-18-13-25(37)33-27(18)38/h3,6,11-12,14-16,20,31H,4-5,7-10,13H2,1-2H3,(H,33,37,38)/b18-11+. The molecule has 4 heterocycles. The Hall–Kier alpha value is -4.12. The Balaban J connectivity index is 1.37. The molecule has 3 aliphatic rings. The highest BCUT2D eigenvalue weighted by atomic mass is 19.1. The first-order valence-electron chi connectivity index (χ1n) is 13.3. The van der Waals surface area contributed by atoms with Gasteiger partial charge in [0.2, 0.25) is 5.91 Å². The summed E-state index contributed by atoms with van der Waals surface area (Å²) in [5.74, 6) is -0.971. The van der Waals surface area contributed by atoms with E-state index in [1.807, 2.05) is 6.07 Å². The van der Waals surface area contributed by atoms with Gasteiger partial charge in [-0.3, -0.25) is 24.6 Å². The molecule has 0 bridgehead atoms. The zero-order valence-corrected chi connectivity index (χ0v) is 21.9. The van der Waals surface area contributed by atoms with E-state index in [1.54, 1.807) is 33.8 Å². The van der Waals surface area contributed by atoms with Crippen molar-refractivity contribution in [2.24, 2.45) is 0 Å². The van der Waals surface area contributed by atoms with Crippen LogP contribution in [0.15, 0.2) is 36.0 Å². The van der Waals surface area contributed by atoms with E-state index in [-0.39, 0.29) is 23.8 Å². The summed E-state index contributed by atoms with van der Waals surface area (Å²) in [6.45, 7) is 6.85. The van der Waals surface area contributed by atoms with E-state index in [1.165, 1.54) is 6.07 Å². The Kier molecular flexibility index (Phi) is 6.38. The van der Waals surface area contributed by atoms with Gasteiger partial charge >= 0.3 is 0 Å². The van der Waals surface area contributed by atoms with Crippen LogP contribution in [0.2, 0.25) is 0 Å². The molecule has 0 unspecified atom stereocenters. The zero-order chi connectivity index (χ0) is 27.3. The van der Waals surface area contributed by atoms with Crippen molar-refractivity contribution in [2.45, 2.75) is 45.2 Å². The third kappa shape index (κ3) is 5.01. The third-order valence-electron chi connectivity index (χ3n) is 7.48. The Morgan fingerprint density at radius 3 is 2.59 bits per heavy atom. The number of aromatic nitrogens is 3. The average Bonchev–Trinajstić information content (AvgIpc) is 3.56. The van der Waals surface area contributed by atoms with Crippen molar-refractivity contribution in [3.8, 4) is 11.3 Å². The summed E-state index contributed by atoms with van der Waals surface area (Å²) in [5.41, 5.74) is 2.55. The molecule has 6 rings (SSSR count). The van der Waals surface area contributed by atoms with Crippen LogP contribution in [-0.2, 0) is 9.59 Å². The number of imide groups is 1. The summed E-state index contributed by atoms with van der Waals surface area (Å²) in [4.78, 5) is 45.9. The summed E-state index contributed by atoms with van der Waals surface area (Å²) >= 11 is 0. The van der Waals surface area contributed by atoms with Crippen molar-refractivity contribution < 1.29 is 18.8 Å². The van der Waals surface area contributed by atoms with Gasteiger partial charge in [0.15, 0.2) is 5.65 Å². The van der Waals surface area contributed by atoms with Gasteiger partial charge in [0.1, 0.15) is 11.6 Å². The number of halogens is 1. The highest BCUT2D eigenvalue weighted by Crippen LogP contribution is 2.30. The fourth-order valence-electron chi connectivity index (χ4n) is 5.04. The number of carbonyl (C=O) groups excluding carboxylic acids is 3. The van der Waals surface area contributed by atoms with Crippen LogP contribution in [-0.4, -0.2) is 80.4 Å². The quantitative estimate of drug-likeness (QED) is 0.372. The normalized spacial score (nSPS) is 19.4. The second kappa shape index (κ2) is 9.88. The predicted octanol–water partition coefficient (Wildman–Crippen LogP) is 2.71. The van der Waals surface area contributed by atoms with Gasteiger partial charge < -0.3 is 10.2 Å². The van der Waals surface area contributed by atoms with Crippen LogP contribution in [0.3, 0.4) is 0 Å². The molecule has 2 aliphatic heterocycles. The highest BCUT2D eigenvalue weighted by Gasteiger charge is 2.28. The number of hydrogen-bond donors (Lipinski definition) is 2. The van der Waals surface area contributed by atoms with Crippen molar-refractivity contribution >= 4 is 35.3 Å². The number of piperazine rings is 1. The van der Waals surface area contributed by atoms with Crippen molar-refractivity contribution in [2.75, 3.05) is 31.5 Å². The summed E-state index contributed by atoms with van der Waals surface area (Å²) in [6.07, 6.45) is 5.30. The van der Waals surface area contributed by atoms with Crippen LogP contribution >= 0.6 is 0 Å². The number of rotatable bonds is 6. The predicted molar refractivity (Wildman–Crippen MR) is 143 cm³/mol. The Labute approximate surface area is 224 Å². The molecule has 3 aromatic rings. The lowest BCUT2D eigenvalue weighted by atomic mass is 10.1. The fourth-order valence-corrected chi connectivity index (χ4v) is 5.04. The second-order valence-electron chi connectivity index (χ2n) is 10.6. The van der Waals surface area contributed by atoms with Gasteiger partial charge in [0, 0.05) is 61.0 Å². The smallest absolute Gasteiger partial charge is 0.256 e. The Bertz CT molecular complexity index is 1520. The van der Waals surface area contributed by atoms with Gasteiger partial charge in [-0.25, -0.2) is 9.37 Å². The molecule has 2 aromatic heterocycles. The van der Waals surface area contributed by atoms with Gasteiger partial charge in [-0.05, 0) is 51.0 Å². The van der Waals surface area contributed by atoms with Gasteiger partial charge in [0.05, 0.1) is 23.9 Å². The number of nitrogens with zero attached hydrogens (tertiary/aromatic N) is 5. The molecule has 3 amide bonds. The summed E-state index contributed by atoms with van der Waals surface area (Å²) in [5, 5.41) is 10.2. The van der Waals surface area contributed by atoms with Crippen LogP contribution in [0.5, 0.6) is 0 Å². The minimum atomic E-state index is -0.570. The summed E-state index contributed by atoms with van der Waals surface area (Å²) < 4.78 is 16.6. The van der Waals surface area contributed by atoms with E-state index in [9.17, 15) is 18.8 Å². The molecule has 0 atom stereocenters. The first-order valence-corrected chi connectivity index (χ1v) is 13.3. The molecule has 1 aromatic carbocycles. The summed E-state index contributed by atoms with van der Waals surface area (Å²) in [7, 11) is 0. The van der Waals surface area contributed by atoms with E-state index < -0.39 is 11.7 Å². The van der Waals surface area contributed by atoms with E-state index >= 15 is 0 Å². The van der Waals surface area contributed by atoms with Crippen LogP contribution in [0, 0.1) is 5.82 Å². The molecule has 202 valence electrons. The lowest BCUT2D eigenvalue weighted by Crippen LogP contribution is -2.50. The third-order valence-corrected chi connectivity index (χ3v) is 7.48. The minimum absolute atomic E-state index is 0.00208. The maximum Gasteiger partial charge on any atom is 0.256 e. The molecule has 10 nitrogen and oxygen atoms in total. The SMILES string of the molecule is CC(C)N1CCN(C(=O)c2cc(-c3cc(NC4CC4)n4ncc(/C=C5\CC(=O)NC5=O)c4n3)ccc2F)CC1. The molecule has 1 saturated carbocycles. The molecule has 1 aliphatic carbocycles. The van der Waals surface area contributed by atoms with Gasteiger partial charge in [-0.15, -0.1) is 0 Å². The molecule has 39 heavy (non-hydrogen) atoms. The number of anilines is 1. The first-order chi connectivity index (χ1) is 18.8. The van der Waals surface area contributed by atoms with E-state index in [0.29, 0.717) is 59.0 Å².